The average Bonchev–Trinajstić information content (AvgIpc) is 2.74. The third kappa shape index (κ3) is 4.68. The Morgan fingerprint density at radius 1 is 0.733 bits per heavy atom. The molecule has 0 radical (unpaired) electrons. The van der Waals surface area contributed by atoms with Gasteiger partial charge in [-0.15, -0.1) is 0 Å². The van der Waals surface area contributed by atoms with Crippen LogP contribution in [0.5, 0.6) is 5.75 Å². The van der Waals surface area contributed by atoms with E-state index in [1.165, 1.54) is 12.1 Å². The largest absolute Gasteiger partial charge is 0.462 e. The molecule has 3 rings (SSSR count). The molecule has 12 nitrogen and oxygen atoms in total. The fourth-order valence-corrected chi connectivity index (χ4v) is 3.33. The van der Waals surface area contributed by atoms with E-state index in [-0.39, 0.29) is 0 Å². The highest BCUT2D eigenvalue weighted by molar-refractivity contribution is 5.41. The Labute approximate surface area is 171 Å². The molecule has 170 valence electrons. The van der Waals surface area contributed by atoms with Crippen LogP contribution in [0.2, 0.25) is 0 Å². The third-order valence-electron chi connectivity index (χ3n) is 5.09. The van der Waals surface area contributed by atoms with Crippen molar-refractivity contribution in [2.75, 3.05) is 18.9 Å². The van der Waals surface area contributed by atoms with Crippen molar-refractivity contribution in [3.8, 4) is 5.75 Å². The van der Waals surface area contributed by atoms with Crippen LogP contribution in [0.3, 0.4) is 0 Å². The Kier molecular flexibility index (Phi) is 7.47. The minimum Gasteiger partial charge on any atom is -0.462 e. The average molecular weight is 433 g/mol. The molecule has 0 aromatic heterocycles. The van der Waals surface area contributed by atoms with Crippen molar-refractivity contribution in [2.45, 2.75) is 61.4 Å². The Bertz CT molecular complexity index is 673. The number of nitrogen functional groups attached to an aromatic ring is 1. The zero-order valence-electron chi connectivity index (χ0n) is 15.8. The Morgan fingerprint density at radius 2 is 1.30 bits per heavy atom. The first-order valence-electron chi connectivity index (χ1n) is 9.37. The van der Waals surface area contributed by atoms with Crippen molar-refractivity contribution in [2.24, 2.45) is 0 Å². The number of rotatable bonds is 6. The summed E-state index contributed by atoms with van der Waals surface area (Å²) in [5, 5.41) is 69.7. The predicted octanol–water partition coefficient (Wildman–Crippen LogP) is -3.73. The van der Waals surface area contributed by atoms with Crippen LogP contribution in [0, 0.1) is 0 Å². The summed E-state index contributed by atoms with van der Waals surface area (Å²) in [5.74, 6) is 0.297. The molecule has 0 amide bonds. The van der Waals surface area contributed by atoms with Crippen LogP contribution in [-0.2, 0) is 14.2 Å². The molecule has 0 aliphatic carbocycles. The van der Waals surface area contributed by atoms with Gasteiger partial charge in [-0.25, -0.2) is 0 Å². The number of hydrogen-bond donors (Lipinski definition) is 8. The maximum Gasteiger partial charge on any atom is 0.229 e. The van der Waals surface area contributed by atoms with E-state index in [2.05, 4.69) is 0 Å². The summed E-state index contributed by atoms with van der Waals surface area (Å²) in [5.41, 5.74) is 6.10. The number of aliphatic hydroxyl groups excluding tert-OH is 7. The SMILES string of the molecule is Nc1ccc(O[C@@H]2OC(CO)[C@@H](O[C@@H]3OC(CO)[C@H](O)C(O)C3O)C(O)C2O)cc1. The van der Waals surface area contributed by atoms with Crippen molar-refractivity contribution in [1.82, 2.24) is 0 Å². The summed E-state index contributed by atoms with van der Waals surface area (Å²) in [6.45, 7) is -1.31. The summed E-state index contributed by atoms with van der Waals surface area (Å²) in [4.78, 5) is 0. The first-order valence-corrected chi connectivity index (χ1v) is 9.37. The van der Waals surface area contributed by atoms with Gasteiger partial charge in [0.1, 0.15) is 54.6 Å². The predicted molar refractivity (Wildman–Crippen MR) is 97.9 cm³/mol. The minimum absolute atomic E-state index is 0.297. The van der Waals surface area contributed by atoms with Crippen molar-refractivity contribution < 1.29 is 54.7 Å². The number of hydrogen-bond acceptors (Lipinski definition) is 12. The first kappa shape index (κ1) is 23.1. The number of anilines is 1. The second kappa shape index (κ2) is 9.70. The van der Waals surface area contributed by atoms with E-state index in [0.29, 0.717) is 11.4 Å². The van der Waals surface area contributed by atoms with Gasteiger partial charge in [-0.3, -0.25) is 0 Å². The number of benzene rings is 1. The topological polar surface area (TPSA) is 205 Å². The van der Waals surface area contributed by atoms with Gasteiger partial charge in [-0.2, -0.15) is 0 Å². The summed E-state index contributed by atoms with van der Waals surface area (Å²) in [7, 11) is 0. The molecule has 1 aromatic rings. The van der Waals surface area contributed by atoms with Gasteiger partial charge >= 0.3 is 0 Å². The summed E-state index contributed by atoms with van der Waals surface area (Å²) >= 11 is 0. The van der Waals surface area contributed by atoms with Gasteiger partial charge in [0.15, 0.2) is 6.29 Å². The van der Waals surface area contributed by atoms with Crippen LogP contribution in [0.1, 0.15) is 0 Å². The molecule has 0 spiro atoms. The van der Waals surface area contributed by atoms with E-state index in [1.54, 1.807) is 12.1 Å². The van der Waals surface area contributed by atoms with Gasteiger partial charge < -0.3 is 60.4 Å². The van der Waals surface area contributed by atoms with Gasteiger partial charge in [-0.05, 0) is 24.3 Å². The second-order valence-corrected chi connectivity index (χ2v) is 7.19. The quantitative estimate of drug-likeness (QED) is 0.204. The molecule has 30 heavy (non-hydrogen) atoms. The molecule has 10 atom stereocenters. The number of nitrogens with two attached hydrogens (primary N) is 1. The third-order valence-corrected chi connectivity index (χ3v) is 5.09. The summed E-state index contributed by atoms with van der Waals surface area (Å²) in [6.07, 6.45) is -15.0. The normalized spacial score (nSPS) is 42.1. The van der Waals surface area contributed by atoms with Crippen LogP contribution in [0.4, 0.5) is 5.69 Å². The molecule has 2 heterocycles. The molecule has 6 unspecified atom stereocenters. The zero-order chi connectivity index (χ0) is 22.0. The van der Waals surface area contributed by atoms with Crippen LogP contribution >= 0.6 is 0 Å². The fourth-order valence-electron chi connectivity index (χ4n) is 3.33. The van der Waals surface area contributed by atoms with Crippen LogP contribution in [-0.4, -0.2) is 110 Å². The molecular weight excluding hydrogens is 406 g/mol. The summed E-state index contributed by atoms with van der Waals surface area (Å²) < 4.78 is 21.7. The van der Waals surface area contributed by atoms with Crippen molar-refractivity contribution in [3.63, 3.8) is 0 Å². The molecule has 0 bridgehead atoms. The summed E-state index contributed by atoms with van der Waals surface area (Å²) in [6, 6.07) is 6.19. The van der Waals surface area contributed by atoms with Gasteiger partial charge in [0.05, 0.1) is 13.2 Å². The van der Waals surface area contributed by atoms with Crippen molar-refractivity contribution in [1.29, 1.82) is 0 Å². The molecule has 0 saturated carbocycles. The fraction of sp³-hybridized carbons (Fsp3) is 0.667. The van der Waals surface area contributed by atoms with E-state index in [9.17, 15) is 35.7 Å². The molecule has 1 aromatic carbocycles. The van der Waals surface area contributed by atoms with Crippen LogP contribution in [0.25, 0.3) is 0 Å². The smallest absolute Gasteiger partial charge is 0.229 e. The molecular formula is C18H27NO11. The van der Waals surface area contributed by atoms with E-state index in [1.807, 2.05) is 0 Å². The lowest BCUT2D eigenvalue weighted by Crippen LogP contribution is -2.65. The molecule has 2 aliphatic heterocycles. The lowest BCUT2D eigenvalue weighted by Gasteiger charge is -2.45. The molecule has 2 saturated heterocycles. The van der Waals surface area contributed by atoms with Crippen LogP contribution in [0.15, 0.2) is 24.3 Å². The van der Waals surface area contributed by atoms with E-state index < -0.39 is 74.6 Å². The van der Waals surface area contributed by atoms with Crippen molar-refractivity contribution >= 4 is 5.69 Å². The van der Waals surface area contributed by atoms with Gasteiger partial charge in [-0.1, -0.05) is 0 Å². The Morgan fingerprint density at radius 3 is 1.90 bits per heavy atom. The monoisotopic (exact) mass is 433 g/mol. The first-order chi connectivity index (χ1) is 14.3. The lowest BCUT2D eigenvalue weighted by molar-refractivity contribution is -0.352. The second-order valence-electron chi connectivity index (χ2n) is 7.19. The van der Waals surface area contributed by atoms with Gasteiger partial charge in [0, 0.05) is 5.69 Å². The zero-order valence-corrected chi connectivity index (χ0v) is 15.8. The van der Waals surface area contributed by atoms with E-state index in [4.69, 9.17) is 24.7 Å². The highest BCUT2D eigenvalue weighted by Crippen LogP contribution is 2.30. The molecule has 9 N–H and O–H groups in total. The highest BCUT2D eigenvalue weighted by Gasteiger charge is 2.51. The molecule has 2 fully saturated rings. The van der Waals surface area contributed by atoms with Crippen molar-refractivity contribution in [3.05, 3.63) is 24.3 Å². The maximum atomic E-state index is 10.5. The van der Waals surface area contributed by atoms with Gasteiger partial charge in [0.25, 0.3) is 0 Å². The highest BCUT2D eigenvalue weighted by atomic mass is 16.7. The van der Waals surface area contributed by atoms with Crippen LogP contribution < -0.4 is 10.5 Å². The number of aliphatic hydroxyl groups is 7. The Hall–Kier alpha value is -1.58. The molecule has 12 heteroatoms. The standard InChI is InChI=1S/C18H27NO11/c19-7-1-3-8(4-2-7)27-17-15(26)13(24)16(10(6-21)29-17)30-18-14(25)12(23)11(22)9(5-20)28-18/h1-4,9-18,20-26H,5-6,19H2/t9?,10?,11-,12?,13?,14?,15?,16+,17+,18-/m0/s1. The van der Waals surface area contributed by atoms with E-state index in [0.717, 1.165) is 0 Å². The van der Waals surface area contributed by atoms with E-state index >= 15 is 0 Å². The maximum absolute atomic E-state index is 10.5. The number of ether oxygens (including phenoxy) is 4. The minimum atomic E-state index is -1.73. The van der Waals surface area contributed by atoms with Gasteiger partial charge in [0.2, 0.25) is 6.29 Å². The lowest BCUT2D eigenvalue weighted by atomic mass is 9.97. The molecule has 2 aliphatic rings. The Balaban J connectivity index is 1.71.